The van der Waals surface area contributed by atoms with Crippen LogP contribution < -0.4 is 5.32 Å². The minimum Gasteiger partial charge on any atom is -0.443 e. The van der Waals surface area contributed by atoms with Crippen molar-refractivity contribution in [3.05, 3.63) is 17.8 Å². The first kappa shape index (κ1) is 18.8. The van der Waals surface area contributed by atoms with Gasteiger partial charge in [0.05, 0.1) is 12.8 Å². The summed E-state index contributed by atoms with van der Waals surface area (Å²) in [5, 5.41) is 3.30. The Balaban J connectivity index is 1.85. The predicted molar refractivity (Wildman–Crippen MR) is 96.2 cm³/mol. The second-order valence-electron chi connectivity index (χ2n) is 7.48. The molecule has 1 heterocycles. The summed E-state index contributed by atoms with van der Waals surface area (Å²) in [4.78, 5) is 11.0. The monoisotopic (exact) mass is 336 g/mol. The van der Waals surface area contributed by atoms with Crippen LogP contribution in [0.4, 0.5) is 0 Å². The molecule has 0 unspecified atom stereocenters. The van der Waals surface area contributed by atoms with Crippen molar-refractivity contribution in [2.24, 2.45) is 10.9 Å². The van der Waals surface area contributed by atoms with E-state index in [1.54, 1.807) is 6.20 Å². The molecular formula is C18H32N4O2. The summed E-state index contributed by atoms with van der Waals surface area (Å²) in [5.74, 6) is 3.19. The van der Waals surface area contributed by atoms with Crippen LogP contribution in [0.5, 0.6) is 0 Å². The number of nitrogens with one attached hydrogen (secondary N) is 1. The molecule has 1 aromatic rings. The summed E-state index contributed by atoms with van der Waals surface area (Å²) < 4.78 is 11.5. The highest BCUT2D eigenvalue weighted by Crippen LogP contribution is 2.28. The van der Waals surface area contributed by atoms with E-state index in [-0.39, 0.29) is 5.41 Å². The largest absolute Gasteiger partial charge is 0.443 e. The minimum atomic E-state index is -0.0326. The van der Waals surface area contributed by atoms with E-state index in [1.165, 1.54) is 12.8 Å². The quantitative estimate of drug-likeness (QED) is 0.449. The van der Waals surface area contributed by atoms with Gasteiger partial charge in [0.2, 0.25) is 5.89 Å². The molecule has 0 saturated heterocycles. The maximum absolute atomic E-state index is 5.80. The summed E-state index contributed by atoms with van der Waals surface area (Å²) in [7, 11) is 2.03. The smallest absolute Gasteiger partial charge is 0.216 e. The number of oxazole rings is 1. The minimum absolute atomic E-state index is 0.0326. The molecule has 1 aromatic heterocycles. The zero-order valence-electron chi connectivity index (χ0n) is 15.8. The fourth-order valence-electron chi connectivity index (χ4n) is 2.18. The van der Waals surface area contributed by atoms with Crippen molar-refractivity contribution in [2.45, 2.75) is 52.5 Å². The van der Waals surface area contributed by atoms with E-state index in [2.05, 4.69) is 47.9 Å². The summed E-state index contributed by atoms with van der Waals surface area (Å²) in [6, 6.07) is 0. The van der Waals surface area contributed by atoms with Gasteiger partial charge >= 0.3 is 0 Å². The summed E-state index contributed by atoms with van der Waals surface area (Å²) in [6.45, 7) is 12.1. The summed E-state index contributed by atoms with van der Waals surface area (Å²) in [6.07, 6.45) is 4.45. The van der Waals surface area contributed by atoms with Gasteiger partial charge in [-0.3, -0.25) is 0 Å². The Kier molecular flexibility index (Phi) is 6.66. The molecule has 24 heavy (non-hydrogen) atoms. The van der Waals surface area contributed by atoms with Crippen LogP contribution in [0.25, 0.3) is 0 Å². The van der Waals surface area contributed by atoms with E-state index in [0.717, 1.165) is 43.9 Å². The van der Waals surface area contributed by atoms with Crippen molar-refractivity contribution in [1.82, 2.24) is 15.2 Å². The lowest BCUT2D eigenvalue weighted by Crippen LogP contribution is -2.40. The lowest BCUT2D eigenvalue weighted by atomic mass is 9.94. The van der Waals surface area contributed by atoms with Crippen LogP contribution in [0.2, 0.25) is 0 Å². The molecule has 0 aliphatic heterocycles. The fraction of sp³-hybridized carbons (Fsp3) is 0.778. The van der Waals surface area contributed by atoms with Gasteiger partial charge in [-0.15, -0.1) is 0 Å². The molecule has 6 nitrogen and oxygen atoms in total. The average Bonchev–Trinajstić information content (AvgIpc) is 3.21. The number of hydrogen-bond acceptors (Lipinski definition) is 4. The number of rotatable bonds is 8. The van der Waals surface area contributed by atoms with Crippen LogP contribution in [0, 0.1) is 5.92 Å². The van der Waals surface area contributed by atoms with Crippen molar-refractivity contribution < 1.29 is 9.15 Å². The first-order chi connectivity index (χ1) is 11.4. The Morgan fingerprint density at radius 2 is 2.21 bits per heavy atom. The SMILES string of the molecule is CCNC(=NCc1ncc(C(C)(C)C)o1)N(C)CCOCC1CC1. The van der Waals surface area contributed by atoms with Crippen LogP contribution in [0.15, 0.2) is 15.6 Å². The van der Waals surface area contributed by atoms with Crippen molar-refractivity contribution in [3.63, 3.8) is 0 Å². The molecular weight excluding hydrogens is 304 g/mol. The Morgan fingerprint density at radius 1 is 1.46 bits per heavy atom. The van der Waals surface area contributed by atoms with Crippen molar-refractivity contribution >= 4 is 5.96 Å². The van der Waals surface area contributed by atoms with Gasteiger partial charge < -0.3 is 19.4 Å². The van der Waals surface area contributed by atoms with Crippen molar-refractivity contribution in [2.75, 3.05) is 33.4 Å². The second-order valence-corrected chi connectivity index (χ2v) is 7.48. The summed E-state index contributed by atoms with van der Waals surface area (Å²) in [5.41, 5.74) is -0.0326. The highest BCUT2D eigenvalue weighted by Gasteiger charge is 2.21. The Hall–Kier alpha value is -1.56. The standard InChI is InChI=1S/C18H32N4O2/c1-6-19-17(22(5)9-10-23-13-14-7-8-14)21-12-16-20-11-15(24-16)18(2,3)4/h11,14H,6-10,12-13H2,1-5H3,(H,19,21). The number of aliphatic imine (C=N–C) groups is 1. The number of guanidine groups is 1. The maximum Gasteiger partial charge on any atom is 0.216 e. The lowest BCUT2D eigenvalue weighted by molar-refractivity contribution is 0.115. The van der Waals surface area contributed by atoms with Crippen LogP contribution >= 0.6 is 0 Å². The molecule has 0 aromatic carbocycles. The first-order valence-corrected chi connectivity index (χ1v) is 8.92. The molecule has 0 atom stereocenters. The molecule has 1 N–H and O–H groups in total. The van der Waals surface area contributed by atoms with Gasteiger partial charge in [-0.1, -0.05) is 20.8 Å². The third-order valence-electron chi connectivity index (χ3n) is 3.97. The summed E-state index contributed by atoms with van der Waals surface area (Å²) >= 11 is 0. The Bertz CT molecular complexity index is 529. The van der Waals surface area contributed by atoms with Gasteiger partial charge in [0.1, 0.15) is 12.3 Å². The van der Waals surface area contributed by atoms with Gasteiger partial charge in [0, 0.05) is 32.2 Å². The highest BCUT2D eigenvalue weighted by atomic mass is 16.5. The average molecular weight is 336 g/mol. The molecule has 0 amide bonds. The van der Waals surface area contributed by atoms with E-state index in [0.29, 0.717) is 12.4 Å². The van der Waals surface area contributed by atoms with Gasteiger partial charge in [-0.2, -0.15) is 0 Å². The lowest BCUT2D eigenvalue weighted by Gasteiger charge is -2.21. The molecule has 1 aliphatic rings. The van der Waals surface area contributed by atoms with Crippen molar-refractivity contribution in [1.29, 1.82) is 0 Å². The van der Waals surface area contributed by atoms with E-state index in [4.69, 9.17) is 9.15 Å². The maximum atomic E-state index is 5.80. The van der Waals surface area contributed by atoms with Crippen LogP contribution in [0.1, 0.15) is 52.2 Å². The van der Waals surface area contributed by atoms with E-state index < -0.39 is 0 Å². The highest BCUT2D eigenvalue weighted by molar-refractivity contribution is 5.79. The van der Waals surface area contributed by atoms with Gasteiger partial charge in [0.25, 0.3) is 0 Å². The number of aromatic nitrogens is 1. The normalized spacial score (nSPS) is 15.6. The number of likely N-dealkylation sites (N-methyl/N-ethyl adjacent to an activating group) is 1. The van der Waals surface area contributed by atoms with Crippen LogP contribution in [-0.4, -0.2) is 49.2 Å². The number of ether oxygens (including phenoxy) is 1. The molecule has 0 bridgehead atoms. The van der Waals surface area contributed by atoms with Gasteiger partial charge in [-0.05, 0) is 25.7 Å². The number of nitrogens with zero attached hydrogens (tertiary/aromatic N) is 3. The predicted octanol–water partition coefficient (Wildman–Crippen LogP) is 2.80. The van der Waals surface area contributed by atoms with E-state index in [1.807, 2.05) is 7.05 Å². The number of hydrogen-bond donors (Lipinski definition) is 1. The van der Waals surface area contributed by atoms with E-state index in [9.17, 15) is 0 Å². The Labute approximate surface area is 145 Å². The zero-order chi connectivity index (χ0) is 17.6. The van der Waals surface area contributed by atoms with Crippen molar-refractivity contribution in [3.8, 4) is 0 Å². The van der Waals surface area contributed by atoms with Gasteiger partial charge in [-0.25, -0.2) is 9.98 Å². The molecule has 6 heteroatoms. The Morgan fingerprint density at radius 3 is 2.79 bits per heavy atom. The molecule has 2 rings (SSSR count). The third kappa shape index (κ3) is 6.15. The third-order valence-corrected chi connectivity index (χ3v) is 3.97. The molecule has 136 valence electrons. The van der Waals surface area contributed by atoms with Crippen LogP contribution in [-0.2, 0) is 16.7 Å². The zero-order valence-corrected chi connectivity index (χ0v) is 15.8. The fourth-order valence-corrected chi connectivity index (χ4v) is 2.18. The molecule has 0 spiro atoms. The van der Waals surface area contributed by atoms with E-state index >= 15 is 0 Å². The second kappa shape index (κ2) is 8.51. The van der Waals surface area contributed by atoms with Gasteiger partial charge in [0.15, 0.2) is 5.96 Å². The first-order valence-electron chi connectivity index (χ1n) is 8.92. The molecule has 1 fully saturated rings. The van der Waals surface area contributed by atoms with Crippen LogP contribution in [0.3, 0.4) is 0 Å². The molecule has 0 radical (unpaired) electrons. The topological polar surface area (TPSA) is 62.9 Å². The molecule has 1 saturated carbocycles. The molecule has 1 aliphatic carbocycles.